The Kier molecular flexibility index (Phi) is 6.05. The van der Waals surface area contributed by atoms with Gasteiger partial charge >= 0.3 is 0 Å². The van der Waals surface area contributed by atoms with Crippen molar-refractivity contribution < 1.29 is 14.6 Å². The number of hydrogen-bond acceptors (Lipinski definition) is 4. The van der Waals surface area contributed by atoms with Crippen LogP contribution in [0.15, 0.2) is 0 Å². The molecule has 0 aromatic rings. The summed E-state index contributed by atoms with van der Waals surface area (Å²) in [4.78, 5) is 0. The monoisotopic (exact) mass is 259 g/mol. The Morgan fingerprint density at radius 2 is 1.72 bits per heavy atom. The summed E-state index contributed by atoms with van der Waals surface area (Å²) in [5.74, 6) is 1.46. The summed E-state index contributed by atoms with van der Waals surface area (Å²) >= 11 is 0. The van der Waals surface area contributed by atoms with Crippen LogP contribution in [0.5, 0.6) is 0 Å². The van der Waals surface area contributed by atoms with Crippen LogP contribution in [0.4, 0.5) is 0 Å². The lowest BCUT2D eigenvalue weighted by Crippen LogP contribution is -2.51. The summed E-state index contributed by atoms with van der Waals surface area (Å²) in [6.07, 6.45) is 2.95. The molecule has 0 radical (unpaired) electrons. The quantitative estimate of drug-likeness (QED) is 0.713. The third kappa shape index (κ3) is 3.23. The lowest BCUT2D eigenvalue weighted by atomic mass is 9.65. The Balaban J connectivity index is 2.70. The molecule has 1 aliphatic carbocycles. The molecule has 0 aromatic carbocycles. The average molecular weight is 259 g/mol. The van der Waals surface area contributed by atoms with Gasteiger partial charge in [0.05, 0.1) is 0 Å². The predicted octanol–water partition coefficient (Wildman–Crippen LogP) is 1.76. The van der Waals surface area contributed by atoms with Crippen LogP contribution >= 0.6 is 0 Å². The first-order chi connectivity index (χ1) is 8.50. The number of rotatable bonds is 6. The summed E-state index contributed by atoms with van der Waals surface area (Å²) < 4.78 is 10.4. The number of ether oxygens (including phenoxy) is 2. The van der Waals surface area contributed by atoms with Gasteiger partial charge < -0.3 is 20.3 Å². The SMILES string of the molecule is COC(OC)C(O)C1(CN)CCC(C(C)C)CC1. The summed E-state index contributed by atoms with van der Waals surface area (Å²) in [6.45, 7) is 5.02. The fraction of sp³-hybridized carbons (Fsp3) is 1.00. The van der Waals surface area contributed by atoms with E-state index >= 15 is 0 Å². The summed E-state index contributed by atoms with van der Waals surface area (Å²) in [7, 11) is 3.11. The normalized spacial score (nSPS) is 31.0. The molecule has 0 aromatic heterocycles. The number of methoxy groups -OCH3 is 2. The average Bonchev–Trinajstić information content (AvgIpc) is 2.40. The molecule has 0 bridgehead atoms. The molecule has 1 atom stereocenters. The van der Waals surface area contributed by atoms with Gasteiger partial charge in [0.25, 0.3) is 0 Å². The minimum atomic E-state index is -0.648. The molecular weight excluding hydrogens is 230 g/mol. The maximum atomic E-state index is 10.5. The summed E-state index contributed by atoms with van der Waals surface area (Å²) in [5.41, 5.74) is 5.69. The third-order valence-electron chi connectivity index (χ3n) is 4.73. The highest BCUT2D eigenvalue weighted by atomic mass is 16.7. The van der Waals surface area contributed by atoms with Crippen molar-refractivity contribution in [3.8, 4) is 0 Å². The standard InChI is InChI=1S/C14H29NO3/c1-10(2)11-5-7-14(9-15,8-6-11)12(16)13(17-3)18-4/h10-13,16H,5-9,15H2,1-4H3. The van der Waals surface area contributed by atoms with Gasteiger partial charge in [-0.15, -0.1) is 0 Å². The van der Waals surface area contributed by atoms with Gasteiger partial charge in [0, 0.05) is 26.2 Å². The van der Waals surface area contributed by atoms with Crippen molar-refractivity contribution in [3.05, 3.63) is 0 Å². The first-order valence-electron chi connectivity index (χ1n) is 6.94. The van der Waals surface area contributed by atoms with Gasteiger partial charge in [-0.05, 0) is 37.5 Å². The fourth-order valence-corrected chi connectivity index (χ4v) is 3.15. The van der Waals surface area contributed by atoms with Gasteiger partial charge in [-0.1, -0.05) is 13.8 Å². The molecule has 1 aliphatic rings. The Labute approximate surface area is 111 Å². The van der Waals surface area contributed by atoms with E-state index in [1.54, 1.807) is 14.2 Å². The third-order valence-corrected chi connectivity index (χ3v) is 4.73. The number of aliphatic hydroxyl groups is 1. The van der Waals surface area contributed by atoms with Gasteiger partial charge in [0.2, 0.25) is 0 Å². The van der Waals surface area contributed by atoms with Crippen LogP contribution in [-0.2, 0) is 9.47 Å². The lowest BCUT2D eigenvalue weighted by molar-refractivity contribution is -0.203. The molecule has 1 saturated carbocycles. The smallest absolute Gasteiger partial charge is 0.183 e. The molecule has 3 N–H and O–H groups in total. The highest BCUT2D eigenvalue weighted by molar-refractivity contribution is 4.93. The van der Waals surface area contributed by atoms with E-state index in [1.807, 2.05) is 0 Å². The van der Waals surface area contributed by atoms with Crippen molar-refractivity contribution in [3.63, 3.8) is 0 Å². The molecule has 4 nitrogen and oxygen atoms in total. The Bertz CT molecular complexity index is 233. The number of nitrogens with two attached hydrogens (primary N) is 1. The zero-order valence-corrected chi connectivity index (χ0v) is 12.2. The first-order valence-corrected chi connectivity index (χ1v) is 6.94. The first kappa shape index (κ1) is 15.9. The van der Waals surface area contributed by atoms with Gasteiger partial charge in [-0.2, -0.15) is 0 Å². The maximum Gasteiger partial charge on any atom is 0.183 e. The molecule has 4 heteroatoms. The van der Waals surface area contributed by atoms with E-state index in [9.17, 15) is 5.11 Å². The molecule has 0 spiro atoms. The molecule has 0 saturated heterocycles. The minimum absolute atomic E-state index is 0.248. The predicted molar refractivity (Wildman–Crippen MR) is 72.1 cm³/mol. The summed E-state index contributed by atoms with van der Waals surface area (Å²) in [5, 5.41) is 10.5. The molecule has 1 unspecified atom stereocenters. The fourth-order valence-electron chi connectivity index (χ4n) is 3.15. The summed E-state index contributed by atoms with van der Waals surface area (Å²) in [6, 6.07) is 0. The van der Waals surface area contributed by atoms with Crippen LogP contribution in [-0.4, -0.2) is 38.3 Å². The van der Waals surface area contributed by atoms with E-state index in [1.165, 1.54) is 0 Å². The molecule has 0 amide bonds. The Morgan fingerprint density at radius 1 is 1.22 bits per heavy atom. The van der Waals surface area contributed by atoms with E-state index in [4.69, 9.17) is 15.2 Å². The molecule has 0 aliphatic heterocycles. The zero-order chi connectivity index (χ0) is 13.8. The van der Waals surface area contributed by atoms with Gasteiger partial charge in [-0.25, -0.2) is 0 Å². The maximum absolute atomic E-state index is 10.5. The van der Waals surface area contributed by atoms with Crippen LogP contribution in [0, 0.1) is 17.3 Å². The molecular formula is C14H29NO3. The van der Waals surface area contributed by atoms with Crippen LogP contribution < -0.4 is 5.73 Å². The van der Waals surface area contributed by atoms with Crippen molar-refractivity contribution in [2.75, 3.05) is 20.8 Å². The second-order valence-electron chi connectivity index (χ2n) is 5.93. The second kappa shape index (κ2) is 6.85. The molecule has 0 heterocycles. The molecule has 18 heavy (non-hydrogen) atoms. The largest absolute Gasteiger partial charge is 0.387 e. The van der Waals surface area contributed by atoms with E-state index in [2.05, 4.69) is 13.8 Å². The molecule has 1 fully saturated rings. The van der Waals surface area contributed by atoms with Crippen LogP contribution in [0.3, 0.4) is 0 Å². The van der Waals surface area contributed by atoms with Crippen molar-refractivity contribution in [1.82, 2.24) is 0 Å². The van der Waals surface area contributed by atoms with Crippen molar-refractivity contribution in [2.45, 2.75) is 51.9 Å². The highest BCUT2D eigenvalue weighted by Gasteiger charge is 2.44. The van der Waals surface area contributed by atoms with Gasteiger partial charge in [-0.3, -0.25) is 0 Å². The molecule has 1 rings (SSSR count). The number of aliphatic hydroxyl groups excluding tert-OH is 1. The van der Waals surface area contributed by atoms with Crippen molar-refractivity contribution in [2.24, 2.45) is 23.0 Å². The highest BCUT2D eigenvalue weighted by Crippen LogP contribution is 2.44. The van der Waals surface area contributed by atoms with Gasteiger partial charge in [0.1, 0.15) is 6.10 Å². The zero-order valence-electron chi connectivity index (χ0n) is 12.2. The number of hydrogen-bond donors (Lipinski definition) is 2. The van der Waals surface area contributed by atoms with E-state index in [0.29, 0.717) is 12.5 Å². The Hall–Kier alpha value is -0.160. The second-order valence-corrected chi connectivity index (χ2v) is 5.93. The molecule has 108 valence electrons. The van der Waals surface area contributed by atoms with E-state index < -0.39 is 12.4 Å². The van der Waals surface area contributed by atoms with Gasteiger partial charge in [0.15, 0.2) is 6.29 Å². The van der Waals surface area contributed by atoms with Crippen LogP contribution in [0.1, 0.15) is 39.5 Å². The van der Waals surface area contributed by atoms with Crippen molar-refractivity contribution in [1.29, 1.82) is 0 Å². The van der Waals surface area contributed by atoms with Crippen LogP contribution in [0.2, 0.25) is 0 Å². The van der Waals surface area contributed by atoms with E-state index in [-0.39, 0.29) is 5.41 Å². The Morgan fingerprint density at radius 3 is 2.06 bits per heavy atom. The van der Waals surface area contributed by atoms with E-state index in [0.717, 1.165) is 31.6 Å². The lowest BCUT2D eigenvalue weighted by Gasteiger charge is -2.45. The topological polar surface area (TPSA) is 64.7 Å². The van der Waals surface area contributed by atoms with Crippen molar-refractivity contribution >= 4 is 0 Å². The minimum Gasteiger partial charge on any atom is -0.387 e. The van der Waals surface area contributed by atoms with Crippen LogP contribution in [0.25, 0.3) is 0 Å².